The minimum atomic E-state index is -0.790. The third-order valence-corrected chi connectivity index (χ3v) is 5.67. The number of hydrogen-bond donors (Lipinski definition) is 3. The fourth-order valence-electron chi connectivity index (χ4n) is 3.29. The molecule has 3 N–H and O–H groups in total. The molecular weight excluding hydrogens is 449 g/mol. The summed E-state index contributed by atoms with van der Waals surface area (Å²) in [5, 5.41) is 26.9. The Morgan fingerprint density at radius 2 is 2.00 bits per heavy atom. The normalized spacial score (nSPS) is 20.0. The number of β-amino-alcohol motifs (C(OH)–C–C–N with tert-alkyl or cyclic N) is 1. The van der Waals surface area contributed by atoms with Gasteiger partial charge in [0.2, 0.25) is 5.91 Å². The minimum absolute atomic E-state index is 0.0327. The van der Waals surface area contributed by atoms with Crippen LogP contribution in [0.2, 0.25) is 10.0 Å². The van der Waals surface area contributed by atoms with Gasteiger partial charge in [-0.1, -0.05) is 23.2 Å². The predicted octanol–water partition coefficient (Wildman–Crippen LogP) is 2.98. The van der Waals surface area contributed by atoms with Gasteiger partial charge in [0, 0.05) is 35.6 Å². The molecule has 2 rings (SSSR count). The molecule has 0 spiro atoms. The molecule has 1 aromatic carbocycles. The number of ether oxygens (including phenoxy) is 1. The average molecular weight is 478 g/mol. The lowest BCUT2D eigenvalue weighted by molar-refractivity contribution is -0.769. The number of benzene rings is 1. The van der Waals surface area contributed by atoms with Crippen LogP contribution in [0.5, 0.6) is 5.75 Å². The number of halogens is 2. The molecule has 1 fully saturated rings. The largest absolute Gasteiger partial charge is 0.489 e. The number of hydrogen-bond acceptors (Lipinski definition) is 7. The third-order valence-electron chi connectivity index (χ3n) is 5.13. The van der Waals surface area contributed by atoms with Crippen LogP contribution in [0, 0.1) is 16.0 Å². The van der Waals surface area contributed by atoms with Crippen molar-refractivity contribution in [1.29, 1.82) is 0 Å². The number of nitrogens with zero attached hydrogens (tertiary/aromatic N) is 1. The summed E-state index contributed by atoms with van der Waals surface area (Å²) in [5.41, 5.74) is -0.462. The molecule has 1 unspecified atom stereocenters. The van der Waals surface area contributed by atoms with Gasteiger partial charge < -0.3 is 25.3 Å². The number of nitrogens with one attached hydrogen (secondary N) is 2. The summed E-state index contributed by atoms with van der Waals surface area (Å²) < 4.78 is 5.53. The van der Waals surface area contributed by atoms with E-state index in [-0.39, 0.29) is 25.0 Å². The van der Waals surface area contributed by atoms with Crippen molar-refractivity contribution in [1.82, 2.24) is 10.6 Å². The number of carbonyl (C=O) groups excluding carboxylic acids is 1. The minimum Gasteiger partial charge on any atom is -0.489 e. The second-order valence-corrected chi connectivity index (χ2v) is 9.17. The van der Waals surface area contributed by atoms with Crippen LogP contribution < -0.4 is 15.4 Å². The third kappa shape index (κ3) is 9.06. The lowest BCUT2D eigenvalue weighted by Crippen LogP contribution is -2.52. The molecule has 1 aliphatic carbocycles. The van der Waals surface area contributed by atoms with E-state index >= 15 is 0 Å². The SMILES string of the molecule is CC(C)(CNC(=O)C1CCC(O[N+](=O)[O-])CC1)NCC(O)COc1cc(Cl)ccc1Cl. The van der Waals surface area contributed by atoms with Crippen molar-refractivity contribution in [3.8, 4) is 5.75 Å². The highest BCUT2D eigenvalue weighted by atomic mass is 35.5. The zero-order valence-electron chi connectivity index (χ0n) is 17.6. The van der Waals surface area contributed by atoms with Gasteiger partial charge in [-0.05, 0) is 51.7 Å². The Hall–Kier alpha value is -1.81. The highest BCUT2D eigenvalue weighted by Gasteiger charge is 2.29. The Morgan fingerprint density at radius 1 is 1.32 bits per heavy atom. The van der Waals surface area contributed by atoms with E-state index in [1.807, 2.05) is 13.8 Å². The topological polar surface area (TPSA) is 123 Å². The van der Waals surface area contributed by atoms with Crippen LogP contribution in [-0.4, -0.2) is 53.5 Å². The highest BCUT2D eigenvalue weighted by Crippen LogP contribution is 2.28. The summed E-state index contributed by atoms with van der Waals surface area (Å²) in [6.45, 7) is 4.48. The van der Waals surface area contributed by atoms with E-state index in [1.54, 1.807) is 18.2 Å². The molecule has 31 heavy (non-hydrogen) atoms. The molecule has 11 heteroatoms. The molecular formula is C20H29Cl2N3O6. The van der Waals surface area contributed by atoms with Crippen molar-refractivity contribution in [3.05, 3.63) is 38.4 Å². The van der Waals surface area contributed by atoms with Gasteiger partial charge in [-0.2, -0.15) is 0 Å². The number of aliphatic hydroxyl groups is 1. The van der Waals surface area contributed by atoms with Gasteiger partial charge in [0.05, 0.1) is 5.02 Å². The van der Waals surface area contributed by atoms with E-state index in [4.69, 9.17) is 27.9 Å². The van der Waals surface area contributed by atoms with Crippen molar-refractivity contribution in [2.75, 3.05) is 19.7 Å². The van der Waals surface area contributed by atoms with E-state index in [0.717, 1.165) is 0 Å². The maximum atomic E-state index is 12.4. The molecule has 0 bridgehead atoms. The number of aliphatic hydroxyl groups excluding tert-OH is 1. The number of amides is 1. The standard InChI is InChI=1S/C20H29Cl2N3O6/c1-20(2,12-23-19(27)13-3-6-16(7-4-13)31-25(28)29)24-10-15(26)11-30-18-9-14(21)5-8-17(18)22/h5,8-9,13,15-16,24,26H,3-4,6-7,10-12H2,1-2H3,(H,23,27). The van der Waals surface area contributed by atoms with E-state index in [1.165, 1.54) is 0 Å². The van der Waals surface area contributed by atoms with Crippen molar-refractivity contribution in [2.45, 2.75) is 57.3 Å². The lowest BCUT2D eigenvalue weighted by atomic mass is 9.86. The lowest BCUT2D eigenvalue weighted by Gasteiger charge is -2.30. The summed E-state index contributed by atoms with van der Waals surface area (Å²) in [7, 11) is 0. The first-order valence-electron chi connectivity index (χ1n) is 10.2. The van der Waals surface area contributed by atoms with E-state index in [2.05, 4.69) is 15.5 Å². The molecule has 1 aliphatic rings. The van der Waals surface area contributed by atoms with Crippen LogP contribution in [0.4, 0.5) is 0 Å². The summed E-state index contributed by atoms with van der Waals surface area (Å²) in [6, 6.07) is 4.86. The van der Waals surface area contributed by atoms with Gasteiger partial charge in [-0.25, -0.2) is 0 Å². The molecule has 0 aromatic heterocycles. The maximum absolute atomic E-state index is 12.4. The molecule has 0 saturated heterocycles. The quantitative estimate of drug-likeness (QED) is 0.330. The zero-order chi connectivity index (χ0) is 23.0. The smallest absolute Gasteiger partial charge is 0.294 e. The molecule has 1 saturated carbocycles. The summed E-state index contributed by atoms with van der Waals surface area (Å²) in [6.07, 6.45) is 0.873. The van der Waals surface area contributed by atoms with Gasteiger partial charge in [0.15, 0.2) is 0 Å². The van der Waals surface area contributed by atoms with Gasteiger partial charge >= 0.3 is 0 Å². The molecule has 1 amide bonds. The van der Waals surface area contributed by atoms with E-state index in [0.29, 0.717) is 48.0 Å². The first kappa shape index (κ1) is 25.5. The molecule has 1 atom stereocenters. The number of rotatable bonds is 11. The molecule has 9 nitrogen and oxygen atoms in total. The van der Waals surface area contributed by atoms with Gasteiger partial charge in [0.1, 0.15) is 24.6 Å². The van der Waals surface area contributed by atoms with Crippen LogP contribution in [0.25, 0.3) is 0 Å². The van der Waals surface area contributed by atoms with Crippen molar-refractivity contribution in [2.24, 2.45) is 5.92 Å². The molecule has 0 aliphatic heterocycles. The van der Waals surface area contributed by atoms with Crippen LogP contribution >= 0.6 is 23.2 Å². The Bertz CT molecular complexity index is 756. The summed E-state index contributed by atoms with van der Waals surface area (Å²) >= 11 is 12.0. The zero-order valence-corrected chi connectivity index (χ0v) is 19.1. The Labute approximate surface area is 191 Å². The second kappa shape index (κ2) is 11.7. The summed E-state index contributed by atoms with van der Waals surface area (Å²) in [4.78, 5) is 27.4. The fourth-order valence-corrected chi connectivity index (χ4v) is 3.63. The molecule has 174 valence electrons. The highest BCUT2D eigenvalue weighted by molar-refractivity contribution is 6.34. The molecule has 0 radical (unpaired) electrons. The van der Waals surface area contributed by atoms with Gasteiger partial charge in [-0.3, -0.25) is 4.79 Å². The van der Waals surface area contributed by atoms with Crippen LogP contribution in [0.3, 0.4) is 0 Å². The van der Waals surface area contributed by atoms with Crippen molar-refractivity contribution >= 4 is 29.1 Å². The molecule has 1 aromatic rings. The molecule has 0 heterocycles. The van der Waals surface area contributed by atoms with E-state index in [9.17, 15) is 20.0 Å². The van der Waals surface area contributed by atoms with Crippen molar-refractivity contribution < 1.29 is 24.6 Å². The first-order chi connectivity index (χ1) is 14.6. The van der Waals surface area contributed by atoms with Gasteiger partial charge in [-0.15, -0.1) is 10.1 Å². The van der Waals surface area contributed by atoms with E-state index < -0.39 is 22.8 Å². The number of carbonyl (C=O) groups is 1. The Balaban J connectivity index is 1.68. The van der Waals surface area contributed by atoms with Gasteiger partial charge in [0.25, 0.3) is 5.09 Å². The fraction of sp³-hybridized carbons (Fsp3) is 0.650. The Kier molecular flexibility index (Phi) is 9.61. The van der Waals surface area contributed by atoms with Crippen LogP contribution in [0.1, 0.15) is 39.5 Å². The first-order valence-corrected chi connectivity index (χ1v) is 10.9. The Morgan fingerprint density at radius 3 is 2.65 bits per heavy atom. The average Bonchev–Trinajstić information content (AvgIpc) is 2.71. The predicted molar refractivity (Wildman–Crippen MR) is 117 cm³/mol. The maximum Gasteiger partial charge on any atom is 0.294 e. The van der Waals surface area contributed by atoms with Crippen LogP contribution in [0.15, 0.2) is 18.2 Å². The van der Waals surface area contributed by atoms with Crippen molar-refractivity contribution in [3.63, 3.8) is 0 Å². The van der Waals surface area contributed by atoms with Crippen LogP contribution in [-0.2, 0) is 9.63 Å². The second-order valence-electron chi connectivity index (χ2n) is 8.32. The monoisotopic (exact) mass is 477 g/mol. The summed E-state index contributed by atoms with van der Waals surface area (Å²) in [5.74, 6) is 0.149.